The Bertz CT molecular complexity index is 386. The molecule has 1 aliphatic rings. The third-order valence-corrected chi connectivity index (χ3v) is 3.68. The number of carbonyl (C=O) groups is 1. The van der Waals surface area contributed by atoms with Crippen molar-refractivity contribution in [1.82, 2.24) is 9.88 Å². The van der Waals surface area contributed by atoms with Crippen LogP contribution in [-0.2, 0) is 11.3 Å². The van der Waals surface area contributed by atoms with Crippen LogP contribution in [-0.4, -0.2) is 33.5 Å². The smallest absolute Gasteiger partial charge is 0.324 e. The predicted octanol–water partition coefficient (Wildman–Crippen LogP) is 1.91. The molecular weight excluding hydrogens is 216 g/mol. The van der Waals surface area contributed by atoms with Gasteiger partial charge in [-0.15, -0.1) is 0 Å². The fourth-order valence-corrected chi connectivity index (χ4v) is 2.60. The first-order valence-corrected chi connectivity index (χ1v) is 6.00. The highest BCUT2D eigenvalue weighted by Crippen LogP contribution is 2.35. The van der Waals surface area contributed by atoms with Crippen LogP contribution in [0, 0.1) is 0 Å². The summed E-state index contributed by atoms with van der Waals surface area (Å²) in [5.41, 5.74) is 0.236. The van der Waals surface area contributed by atoms with Gasteiger partial charge in [0.25, 0.3) is 0 Å². The minimum atomic E-state index is -0.701. The van der Waals surface area contributed by atoms with E-state index in [0.717, 1.165) is 31.4 Å². The van der Waals surface area contributed by atoms with Crippen LogP contribution in [0.4, 0.5) is 0 Å². The number of carboxylic acids is 1. The Morgan fingerprint density at radius 2 is 2.18 bits per heavy atom. The molecule has 4 heteroatoms. The highest BCUT2D eigenvalue weighted by atomic mass is 16.4. The van der Waals surface area contributed by atoms with Crippen molar-refractivity contribution in [3.05, 3.63) is 30.1 Å². The molecule has 1 aliphatic carbocycles. The molecule has 0 aliphatic heterocycles. The Morgan fingerprint density at radius 1 is 1.47 bits per heavy atom. The van der Waals surface area contributed by atoms with Gasteiger partial charge >= 0.3 is 5.97 Å². The largest absolute Gasteiger partial charge is 0.480 e. The molecule has 4 nitrogen and oxygen atoms in total. The van der Waals surface area contributed by atoms with E-state index in [4.69, 9.17) is 0 Å². The SMILES string of the molecule is CN(Cc1ccccn1)C1(C(=O)O)CCCC1. The maximum atomic E-state index is 11.5. The summed E-state index contributed by atoms with van der Waals surface area (Å²) in [6.07, 6.45) is 5.22. The molecule has 0 saturated heterocycles. The second-order valence-electron chi connectivity index (χ2n) is 4.72. The van der Waals surface area contributed by atoms with Crippen LogP contribution in [0.15, 0.2) is 24.4 Å². The van der Waals surface area contributed by atoms with Gasteiger partial charge in [-0.2, -0.15) is 0 Å². The van der Waals surface area contributed by atoms with Crippen LogP contribution in [0.3, 0.4) is 0 Å². The predicted molar refractivity (Wildman–Crippen MR) is 64.5 cm³/mol. The number of aromatic nitrogens is 1. The van der Waals surface area contributed by atoms with Crippen LogP contribution >= 0.6 is 0 Å². The summed E-state index contributed by atoms with van der Waals surface area (Å²) in [5.74, 6) is -0.701. The van der Waals surface area contributed by atoms with E-state index < -0.39 is 11.5 Å². The lowest BCUT2D eigenvalue weighted by Gasteiger charge is -2.34. The normalized spacial score (nSPS) is 18.5. The Labute approximate surface area is 101 Å². The van der Waals surface area contributed by atoms with E-state index in [9.17, 15) is 9.90 Å². The topological polar surface area (TPSA) is 53.4 Å². The number of aliphatic carboxylic acids is 1. The van der Waals surface area contributed by atoms with Crippen LogP contribution < -0.4 is 0 Å². The van der Waals surface area contributed by atoms with Crippen molar-refractivity contribution in [3.8, 4) is 0 Å². The number of carboxylic acid groups (broad SMARTS) is 1. The monoisotopic (exact) mass is 234 g/mol. The van der Waals surface area contributed by atoms with Crippen molar-refractivity contribution < 1.29 is 9.90 Å². The van der Waals surface area contributed by atoms with E-state index in [0.29, 0.717) is 6.54 Å². The highest BCUT2D eigenvalue weighted by Gasteiger charge is 2.44. The summed E-state index contributed by atoms with van der Waals surface area (Å²) in [5, 5.41) is 9.45. The minimum Gasteiger partial charge on any atom is -0.480 e. The molecule has 92 valence electrons. The number of likely N-dealkylation sites (N-methyl/N-ethyl adjacent to an activating group) is 1. The molecule has 0 bridgehead atoms. The fourth-order valence-electron chi connectivity index (χ4n) is 2.60. The zero-order valence-electron chi connectivity index (χ0n) is 10.1. The van der Waals surface area contributed by atoms with Crippen molar-refractivity contribution in [1.29, 1.82) is 0 Å². The number of hydrogen-bond donors (Lipinski definition) is 1. The molecule has 0 atom stereocenters. The lowest BCUT2D eigenvalue weighted by Crippen LogP contribution is -2.50. The van der Waals surface area contributed by atoms with E-state index in [1.807, 2.05) is 30.1 Å². The molecule has 0 amide bonds. The van der Waals surface area contributed by atoms with Gasteiger partial charge in [0.15, 0.2) is 0 Å². The van der Waals surface area contributed by atoms with Gasteiger partial charge in [0.05, 0.1) is 5.69 Å². The first-order valence-electron chi connectivity index (χ1n) is 6.00. The maximum absolute atomic E-state index is 11.5. The molecule has 1 aromatic rings. The Hall–Kier alpha value is -1.42. The van der Waals surface area contributed by atoms with Crippen molar-refractivity contribution >= 4 is 5.97 Å². The van der Waals surface area contributed by atoms with Gasteiger partial charge in [0.2, 0.25) is 0 Å². The quantitative estimate of drug-likeness (QED) is 0.864. The second-order valence-corrected chi connectivity index (χ2v) is 4.72. The number of pyridine rings is 1. The standard InChI is InChI=1S/C13H18N2O2/c1-15(10-11-6-2-5-9-14-11)13(12(16)17)7-3-4-8-13/h2,5-6,9H,3-4,7-8,10H2,1H3,(H,16,17). The molecule has 0 aromatic carbocycles. The van der Waals surface area contributed by atoms with E-state index in [1.165, 1.54) is 0 Å². The van der Waals surface area contributed by atoms with Crippen molar-refractivity contribution in [2.24, 2.45) is 0 Å². The number of rotatable bonds is 4. The van der Waals surface area contributed by atoms with E-state index >= 15 is 0 Å². The average Bonchev–Trinajstić information content (AvgIpc) is 2.80. The molecule has 17 heavy (non-hydrogen) atoms. The molecular formula is C13H18N2O2. The van der Waals surface area contributed by atoms with Crippen LogP contribution in [0.5, 0.6) is 0 Å². The van der Waals surface area contributed by atoms with Gasteiger partial charge in [-0.25, -0.2) is 0 Å². The maximum Gasteiger partial charge on any atom is 0.324 e. The Kier molecular flexibility index (Phi) is 3.43. The Morgan fingerprint density at radius 3 is 2.71 bits per heavy atom. The van der Waals surface area contributed by atoms with Crippen molar-refractivity contribution in [2.45, 2.75) is 37.8 Å². The third-order valence-electron chi connectivity index (χ3n) is 3.68. The van der Waals surface area contributed by atoms with Crippen molar-refractivity contribution in [3.63, 3.8) is 0 Å². The number of nitrogens with zero attached hydrogens (tertiary/aromatic N) is 2. The summed E-state index contributed by atoms with van der Waals surface area (Å²) < 4.78 is 0. The molecule has 2 rings (SSSR count). The molecule has 1 N–H and O–H groups in total. The zero-order valence-corrected chi connectivity index (χ0v) is 10.1. The lowest BCUT2D eigenvalue weighted by atomic mass is 9.95. The lowest BCUT2D eigenvalue weighted by molar-refractivity contribution is -0.150. The van der Waals surface area contributed by atoms with Crippen LogP contribution in [0.25, 0.3) is 0 Å². The molecule has 1 fully saturated rings. The molecule has 0 radical (unpaired) electrons. The van der Waals surface area contributed by atoms with Crippen LogP contribution in [0.2, 0.25) is 0 Å². The van der Waals surface area contributed by atoms with Gasteiger partial charge < -0.3 is 5.11 Å². The summed E-state index contributed by atoms with van der Waals surface area (Å²) in [4.78, 5) is 17.7. The first-order chi connectivity index (χ1) is 8.15. The number of hydrogen-bond acceptors (Lipinski definition) is 3. The second kappa shape index (κ2) is 4.84. The van der Waals surface area contributed by atoms with Crippen molar-refractivity contribution in [2.75, 3.05) is 7.05 Å². The minimum absolute atomic E-state index is 0.590. The van der Waals surface area contributed by atoms with E-state index in [2.05, 4.69) is 4.98 Å². The van der Waals surface area contributed by atoms with Gasteiger partial charge in [0.1, 0.15) is 5.54 Å². The average molecular weight is 234 g/mol. The summed E-state index contributed by atoms with van der Waals surface area (Å²) in [6, 6.07) is 5.73. The first kappa shape index (κ1) is 12.0. The van der Waals surface area contributed by atoms with E-state index in [1.54, 1.807) is 6.20 Å². The van der Waals surface area contributed by atoms with E-state index in [-0.39, 0.29) is 0 Å². The van der Waals surface area contributed by atoms with Gasteiger partial charge in [-0.3, -0.25) is 14.7 Å². The highest BCUT2D eigenvalue weighted by molar-refractivity contribution is 5.79. The van der Waals surface area contributed by atoms with Gasteiger partial charge in [0, 0.05) is 12.7 Å². The van der Waals surface area contributed by atoms with Crippen LogP contribution in [0.1, 0.15) is 31.4 Å². The molecule has 0 unspecified atom stereocenters. The van der Waals surface area contributed by atoms with Gasteiger partial charge in [-0.1, -0.05) is 18.9 Å². The van der Waals surface area contributed by atoms with Gasteiger partial charge in [-0.05, 0) is 32.0 Å². The molecule has 0 spiro atoms. The molecule has 1 aromatic heterocycles. The third kappa shape index (κ3) is 2.31. The fraction of sp³-hybridized carbons (Fsp3) is 0.538. The summed E-state index contributed by atoms with van der Waals surface area (Å²) >= 11 is 0. The molecule has 1 saturated carbocycles. The molecule has 1 heterocycles. The summed E-state index contributed by atoms with van der Waals surface area (Å²) in [7, 11) is 1.88. The summed E-state index contributed by atoms with van der Waals surface area (Å²) in [6.45, 7) is 0.590. The zero-order chi connectivity index (χ0) is 12.3. The Balaban J connectivity index is 2.13.